The molecule has 7 heteroatoms. The van der Waals surface area contributed by atoms with Gasteiger partial charge < -0.3 is 5.32 Å². The summed E-state index contributed by atoms with van der Waals surface area (Å²) in [6, 6.07) is 0.152. The molecule has 1 atom stereocenters. The Balaban J connectivity index is 1.92. The van der Waals surface area contributed by atoms with Gasteiger partial charge in [0.25, 0.3) is 5.56 Å². The molecule has 2 aromatic rings. The predicted molar refractivity (Wildman–Crippen MR) is 105 cm³/mol. The first-order chi connectivity index (χ1) is 12.0. The normalized spacial score (nSPS) is 14.5. The second-order valence-corrected chi connectivity index (χ2v) is 8.33. The molecule has 5 nitrogen and oxygen atoms in total. The molecular formula is C18H23N3O2S2. The van der Waals surface area contributed by atoms with Crippen LogP contribution in [0.2, 0.25) is 0 Å². The Hall–Kier alpha value is -1.60. The molecule has 0 saturated heterocycles. The van der Waals surface area contributed by atoms with Crippen LogP contribution in [0.25, 0.3) is 10.2 Å². The first-order valence-electron chi connectivity index (χ1n) is 8.63. The number of nitrogens with one attached hydrogen (secondary N) is 1. The lowest BCUT2D eigenvalue weighted by atomic mass is 10.2. The molecule has 0 aromatic carbocycles. The van der Waals surface area contributed by atoms with E-state index in [1.807, 2.05) is 13.8 Å². The van der Waals surface area contributed by atoms with Crippen molar-refractivity contribution in [1.29, 1.82) is 0 Å². The Morgan fingerprint density at radius 2 is 2.32 bits per heavy atom. The van der Waals surface area contributed by atoms with Crippen LogP contribution in [0.4, 0.5) is 0 Å². The third kappa shape index (κ3) is 3.67. The molecule has 1 aliphatic rings. The molecule has 1 N–H and O–H groups in total. The number of nitrogens with zero attached hydrogens (tertiary/aromatic N) is 2. The van der Waals surface area contributed by atoms with Crippen LogP contribution in [0, 0.1) is 0 Å². The smallest absolute Gasteiger partial charge is 0.263 e. The Bertz CT molecular complexity index is 869. The highest BCUT2D eigenvalue weighted by molar-refractivity contribution is 7.99. The lowest BCUT2D eigenvalue weighted by Crippen LogP contribution is -2.33. The van der Waals surface area contributed by atoms with Crippen LogP contribution < -0.4 is 10.9 Å². The molecule has 2 aromatic heterocycles. The highest BCUT2D eigenvalue weighted by Crippen LogP contribution is 2.35. The van der Waals surface area contributed by atoms with Gasteiger partial charge in [-0.2, -0.15) is 0 Å². The van der Waals surface area contributed by atoms with Gasteiger partial charge in [0.05, 0.1) is 11.1 Å². The molecule has 0 bridgehead atoms. The second kappa shape index (κ2) is 7.74. The SMILES string of the molecule is C=CCn1c(SCC(=O)N[C@H](C)CC)nc2sc3c(c2c1=O)CCC3. The highest BCUT2D eigenvalue weighted by atomic mass is 32.2. The molecule has 3 rings (SSSR count). The van der Waals surface area contributed by atoms with Crippen molar-refractivity contribution in [2.75, 3.05) is 5.75 Å². The summed E-state index contributed by atoms with van der Waals surface area (Å²) in [6.45, 7) is 8.17. The van der Waals surface area contributed by atoms with Crippen molar-refractivity contribution in [3.8, 4) is 0 Å². The minimum atomic E-state index is -0.0347. The fraction of sp³-hybridized carbons (Fsp3) is 0.500. The molecular weight excluding hydrogens is 354 g/mol. The van der Waals surface area contributed by atoms with Gasteiger partial charge >= 0.3 is 0 Å². The lowest BCUT2D eigenvalue weighted by molar-refractivity contribution is -0.119. The van der Waals surface area contributed by atoms with Crippen LogP contribution in [0.3, 0.4) is 0 Å². The average molecular weight is 378 g/mol. The van der Waals surface area contributed by atoms with E-state index in [4.69, 9.17) is 4.98 Å². The molecule has 0 aliphatic heterocycles. The standard InChI is InChI=1S/C18H23N3O2S2/c1-4-9-21-17(23)15-12-7-6-8-13(12)25-16(15)20-18(21)24-10-14(22)19-11(3)5-2/h4,11H,1,5-10H2,2-3H3,(H,19,22)/t11-/m1/s1. The number of aromatic nitrogens is 2. The average Bonchev–Trinajstić information content (AvgIpc) is 3.16. The van der Waals surface area contributed by atoms with E-state index >= 15 is 0 Å². The number of carbonyl (C=O) groups excluding carboxylic acids is 1. The number of thioether (sulfide) groups is 1. The summed E-state index contributed by atoms with van der Waals surface area (Å²) in [5.41, 5.74) is 1.18. The molecule has 1 amide bonds. The number of hydrogen-bond acceptors (Lipinski definition) is 5. The maximum absolute atomic E-state index is 13.0. The van der Waals surface area contributed by atoms with Crippen molar-refractivity contribution in [3.05, 3.63) is 33.4 Å². The van der Waals surface area contributed by atoms with Gasteiger partial charge in [-0.3, -0.25) is 14.2 Å². The Labute approximate surface area is 155 Å². The zero-order valence-corrected chi connectivity index (χ0v) is 16.3. The van der Waals surface area contributed by atoms with Crippen molar-refractivity contribution < 1.29 is 4.79 Å². The van der Waals surface area contributed by atoms with E-state index in [9.17, 15) is 9.59 Å². The molecule has 0 saturated carbocycles. The summed E-state index contributed by atoms with van der Waals surface area (Å²) in [6.07, 6.45) is 5.71. The summed E-state index contributed by atoms with van der Waals surface area (Å²) in [4.78, 5) is 31.9. The predicted octanol–water partition coefficient (Wildman–Crippen LogP) is 3.14. The van der Waals surface area contributed by atoms with Crippen LogP contribution in [0.15, 0.2) is 22.6 Å². The molecule has 25 heavy (non-hydrogen) atoms. The van der Waals surface area contributed by atoms with E-state index in [-0.39, 0.29) is 23.3 Å². The lowest BCUT2D eigenvalue weighted by Gasteiger charge is -2.13. The minimum absolute atomic E-state index is 0.00543. The van der Waals surface area contributed by atoms with Gasteiger partial charge in [-0.25, -0.2) is 4.98 Å². The third-order valence-corrected chi connectivity index (χ3v) is 6.62. The van der Waals surface area contributed by atoms with E-state index in [0.717, 1.165) is 35.9 Å². The fourth-order valence-corrected chi connectivity index (χ4v) is 5.13. The summed E-state index contributed by atoms with van der Waals surface area (Å²) < 4.78 is 1.64. The quantitative estimate of drug-likeness (QED) is 0.457. The molecule has 1 aliphatic carbocycles. The first kappa shape index (κ1) is 18.2. The number of fused-ring (bicyclic) bond motifs is 3. The number of aryl methyl sites for hydroxylation is 2. The van der Waals surface area contributed by atoms with Crippen LogP contribution in [0.1, 0.15) is 37.1 Å². The summed E-state index contributed by atoms with van der Waals surface area (Å²) >= 11 is 2.94. The monoisotopic (exact) mass is 377 g/mol. The van der Waals surface area contributed by atoms with E-state index in [2.05, 4.69) is 11.9 Å². The maximum Gasteiger partial charge on any atom is 0.263 e. The van der Waals surface area contributed by atoms with E-state index < -0.39 is 0 Å². The maximum atomic E-state index is 13.0. The Morgan fingerprint density at radius 1 is 1.52 bits per heavy atom. The molecule has 0 spiro atoms. The second-order valence-electron chi connectivity index (χ2n) is 6.30. The van der Waals surface area contributed by atoms with E-state index in [1.54, 1.807) is 22.0 Å². The number of rotatable bonds is 7. The fourth-order valence-electron chi connectivity index (χ4n) is 3.01. The zero-order valence-electron chi connectivity index (χ0n) is 14.6. The van der Waals surface area contributed by atoms with Crippen LogP contribution in [0.5, 0.6) is 0 Å². The van der Waals surface area contributed by atoms with Crippen molar-refractivity contribution >= 4 is 39.2 Å². The molecule has 134 valence electrons. The Kier molecular flexibility index (Phi) is 5.64. The van der Waals surface area contributed by atoms with Crippen molar-refractivity contribution in [1.82, 2.24) is 14.9 Å². The van der Waals surface area contributed by atoms with Gasteiger partial charge in [0.15, 0.2) is 5.16 Å². The number of amides is 1. The summed E-state index contributed by atoms with van der Waals surface area (Å²) in [7, 11) is 0. The molecule has 0 fully saturated rings. The zero-order chi connectivity index (χ0) is 18.0. The van der Waals surface area contributed by atoms with Gasteiger partial charge in [0.2, 0.25) is 5.91 Å². The van der Waals surface area contributed by atoms with Crippen molar-refractivity contribution in [3.63, 3.8) is 0 Å². The first-order valence-corrected chi connectivity index (χ1v) is 10.4. The number of thiophene rings is 1. The van der Waals surface area contributed by atoms with Crippen LogP contribution in [-0.4, -0.2) is 27.3 Å². The summed E-state index contributed by atoms with van der Waals surface area (Å²) in [5, 5.41) is 4.31. The highest BCUT2D eigenvalue weighted by Gasteiger charge is 2.23. The molecule has 2 heterocycles. The van der Waals surface area contributed by atoms with Gasteiger partial charge in [-0.05, 0) is 38.2 Å². The van der Waals surface area contributed by atoms with Gasteiger partial charge in [-0.15, -0.1) is 17.9 Å². The van der Waals surface area contributed by atoms with Crippen molar-refractivity contribution in [2.45, 2.75) is 57.3 Å². The van der Waals surface area contributed by atoms with Gasteiger partial charge in [0, 0.05) is 17.5 Å². The number of hydrogen-bond donors (Lipinski definition) is 1. The number of carbonyl (C=O) groups is 1. The topological polar surface area (TPSA) is 64.0 Å². The molecule has 0 unspecified atom stereocenters. The van der Waals surface area contributed by atoms with Crippen LogP contribution in [-0.2, 0) is 24.2 Å². The van der Waals surface area contributed by atoms with Gasteiger partial charge in [0.1, 0.15) is 4.83 Å². The molecule has 0 radical (unpaired) electrons. The van der Waals surface area contributed by atoms with Gasteiger partial charge in [-0.1, -0.05) is 24.8 Å². The summed E-state index contributed by atoms with van der Waals surface area (Å²) in [5.74, 6) is 0.220. The third-order valence-electron chi connectivity index (χ3n) is 4.45. The number of allylic oxidation sites excluding steroid dienone is 1. The van der Waals surface area contributed by atoms with Crippen molar-refractivity contribution in [2.24, 2.45) is 0 Å². The Morgan fingerprint density at radius 3 is 3.04 bits per heavy atom. The van der Waals surface area contributed by atoms with E-state index in [0.29, 0.717) is 11.7 Å². The van der Waals surface area contributed by atoms with Crippen LogP contribution >= 0.6 is 23.1 Å². The largest absolute Gasteiger partial charge is 0.353 e. The van der Waals surface area contributed by atoms with E-state index in [1.165, 1.54) is 22.2 Å². The minimum Gasteiger partial charge on any atom is -0.353 e.